The number of likely N-dealkylation sites (tertiary alicyclic amines) is 2. The van der Waals surface area contributed by atoms with E-state index in [0.717, 1.165) is 84.9 Å². The molecule has 14 nitrogen and oxygen atoms in total. The standard InChI is InChI=1S/2C21H28N4O3.2H2S/c2*1-14-11-20(23-16(3)22-14)28-13-17-5-4-8-25(12-17)15(2)18-6-7-19-21(24-18)27-10-9-26-19;;/h2*6-7,11,15,17H,4-5,8-10,12-13H2,1-3H3;2*1H2/t15-,17?;15-,17+;;/m01../s1. The Kier molecular flexibility index (Phi) is 16.5. The van der Waals surface area contributed by atoms with E-state index in [4.69, 9.17) is 28.4 Å². The summed E-state index contributed by atoms with van der Waals surface area (Å²) < 4.78 is 34.4. The number of hydrogen-bond acceptors (Lipinski definition) is 14. The fourth-order valence-corrected chi connectivity index (χ4v) is 7.82. The fourth-order valence-electron chi connectivity index (χ4n) is 7.82. The van der Waals surface area contributed by atoms with Gasteiger partial charge in [0.1, 0.15) is 38.1 Å². The van der Waals surface area contributed by atoms with E-state index in [2.05, 4.69) is 53.6 Å². The summed E-state index contributed by atoms with van der Waals surface area (Å²) in [5.74, 6) is 6.49. The molecule has 0 N–H and O–H groups in total. The molecule has 4 atom stereocenters. The number of hydrogen-bond donors (Lipinski definition) is 0. The molecule has 0 amide bonds. The Morgan fingerprint density at radius 2 is 1.00 bits per heavy atom. The van der Waals surface area contributed by atoms with Crippen molar-refractivity contribution in [2.45, 2.75) is 79.3 Å². The highest BCUT2D eigenvalue weighted by molar-refractivity contribution is 7.59. The molecule has 2 saturated heterocycles. The van der Waals surface area contributed by atoms with Crippen LogP contribution in [0.25, 0.3) is 0 Å². The molecule has 2 fully saturated rings. The first-order valence-corrected chi connectivity index (χ1v) is 20.1. The highest BCUT2D eigenvalue weighted by atomic mass is 32.1. The number of nitrogens with zero attached hydrogens (tertiary/aromatic N) is 8. The van der Waals surface area contributed by atoms with E-state index in [1.54, 1.807) is 0 Å². The van der Waals surface area contributed by atoms with E-state index in [1.807, 2.05) is 64.1 Å². The van der Waals surface area contributed by atoms with Gasteiger partial charge in [0.2, 0.25) is 11.8 Å². The number of rotatable bonds is 10. The van der Waals surface area contributed by atoms with Crippen molar-refractivity contribution in [3.8, 4) is 35.0 Å². The van der Waals surface area contributed by atoms with Crippen molar-refractivity contribution in [2.75, 3.05) is 65.8 Å². The fraction of sp³-hybridized carbons (Fsp3) is 0.571. The first-order valence-electron chi connectivity index (χ1n) is 20.1. The third-order valence-corrected chi connectivity index (χ3v) is 10.7. The molecule has 0 aliphatic carbocycles. The van der Waals surface area contributed by atoms with Crippen molar-refractivity contribution < 1.29 is 28.4 Å². The quantitative estimate of drug-likeness (QED) is 0.173. The highest BCUT2D eigenvalue weighted by Crippen LogP contribution is 2.34. The second kappa shape index (κ2) is 21.2. The molecule has 4 aliphatic heterocycles. The van der Waals surface area contributed by atoms with Crippen LogP contribution in [-0.2, 0) is 0 Å². The van der Waals surface area contributed by atoms with E-state index >= 15 is 0 Å². The third kappa shape index (κ3) is 12.0. The molecule has 0 aromatic carbocycles. The van der Waals surface area contributed by atoms with Crippen LogP contribution >= 0.6 is 27.0 Å². The Hall–Kier alpha value is -4.12. The minimum atomic E-state index is 0. The maximum absolute atomic E-state index is 5.99. The van der Waals surface area contributed by atoms with Crippen LogP contribution in [-0.4, -0.2) is 106 Å². The summed E-state index contributed by atoms with van der Waals surface area (Å²) in [5, 5.41) is 0. The monoisotopic (exact) mass is 836 g/mol. The van der Waals surface area contributed by atoms with Crippen LogP contribution in [0.2, 0.25) is 0 Å². The van der Waals surface area contributed by atoms with Gasteiger partial charge in [-0.15, -0.1) is 0 Å². The normalized spacial score (nSPS) is 19.9. The lowest BCUT2D eigenvalue weighted by atomic mass is 9.97. The predicted octanol–water partition coefficient (Wildman–Crippen LogP) is 6.45. The van der Waals surface area contributed by atoms with E-state index < -0.39 is 0 Å². The molecule has 4 aromatic heterocycles. The molecule has 1 unspecified atom stereocenters. The van der Waals surface area contributed by atoms with Gasteiger partial charge in [-0.05, 0) is 105 Å². The van der Waals surface area contributed by atoms with Gasteiger partial charge in [-0.1, -0.05) is 0 Å². The van der Waals surface area contributed by atoms with Crippen molar-refractivity contribution in [1.82, 2.24) is 39.7 Å². The molecule has 58 heavy (non-hydrogen) atoms. The van der Waals surface area contributed by atoms with Crippen molar-refractivity contribution >= 4 is 27.0 Å². The Balaban J connectivity index is 0.000000214. The number of ether oxygens (including phenoxy) is 6. The molecule has 316 valence electrons. The molecule has 16 heteroatoms. The van der Waals surface area contributed by atoms with Gasteiger partial charge in [-0.2, -0.15) is 37.0 Å². The minimum absolute atomic E-state index is 0. The highest BCUT2D eigenvalue weighted by Gasteiger charge is 2.28. The van der Waals surface area contributed by atoms with Crippen LogP contribution in [0.1, 0.15) is 86.0 Å². The summed E-state index contributed by atoms with van der Waals surface area (Å²) in [7, 11) is 0. The second-order valence-corrected chi connectivity index (χ2v) is 15.2. The number of piperidine rings is 2. The summed E-state index contributed by atoms with van der Waals surface area (Å²) in [4.78, 5) is 31.7. The van der Waals surface area contributed by atoms with Crippen molar-refractivity contribution in [3.63, 3.8) is 0 Å². The largest absolute Gasteiger partial charge is 0.484 e. The van der Waals surface area contributed by atoms with Crippen LogP contribution in [0, 0.1) is 39.5 Å². The smallest absolute Gasteiger partial charge is 0.257 e. The second-order valence-electron chi connectivity index (χ2n) is 15.2. The summed E-state index contributed by atoms with van der Waals surface area (Å²) in [6.45, 7) is 19.9. The molecule has 0 saturated carbocycles. The summed E-state index contributed by atoms with van der Waals surface area (Å²) in [6.07, 6.45) is 4.65. The third-order valence-electron chi connectivity index (χ3n) is 10.7. The van der Waals surface area contributed by atoms with Gasteiger partial charge in [0.25, 0.3) is 11.8 Å². The molecule has 8 rings (SSSR count). The lowest BCUT2D eigenvalue weighted by molar-refractivity contribution is 0.0966. The van der Waals surface area contributed by atoms with Gasteiger partial charge in [-0.25, -0.2) is 19.9 Å². The zero-order valence-electron chi connectivity index (χ0n) is 34.7. The van der Waals surface area contributed by atoms with Crippen molar-refractivity contribution in [1.29, 1.82) is 0 Å². The molecule has 0 radical (unpaired) electrons. The van der Waals surface area contributed by atoms with Gasteiger partial charge in [0.05, 0.1) is 24.6 Å². The number of pyridine rings is 2. The Morgan fingerprint density at radius 3 is 1.41 bits per heavy atom. The molecule has 8 heterocycles. The van der Waals surface area contributed by atoms with Crippen molar-refractivity contribution in [3.05, 3.63) is 70.8 Å². The van der Waals surface area contributed by atoms with Gasteiger partial charge in [0.15, 0.2) is 11.5 Å². The van der Waals surface area contributed by atoms with E-state index in [9.17, 15) is 0 Å². The number of fused-ring (bicyclic) bond motifs is 2. The maximum Gasteiger partial charge on any atom is 0.257 e. The average molecular weight is 837 g/mol. The van der Waals surface area contributed by atoms with E-state index in [0.29, 0.717) is 75.0 Å². The molecule has 0 spiro atoms. The Bertz CT molecular complexity index is 1770. The Labute approximate surface area is 356 Å². The first-order chi connectivity index (χ1) is 27.2. The minimum Gasteiger partial charge on any atom is -0.484 e. The van der Waals surface area contributed by atoms with Crippen LogP contribution in [0.4, 0.5) is 0 Å². The van der Waals surface area contributed by atoms with Crippen LogP contribution in [0.15, 0.2) is 36.4 Å². The lowest BCUT2D eigenvalue weighted by Crippen LogP contribution is -2.39. The summed E-state index contributed by atoms with van der Waals surface area (Å²) in [5.41, 5.74) is 3.91. The number of aryl methyl sites for hydroxylation is 4. The van der Waals surface area contributed by atoms with Crippen LogP contribution in [0.5, 0.6) is 35.0 Å². The van der Waals surface area contributed by atoms with Gasteiger partial charge < -0.3 is 28.4 Å². The van der Waals surface area contributed by atoms with Crippen LogP contribution in [0.3, 0.4) is 0 Å². The molecular formula is C42H60N8O6S2. The van der Waals surface area contributed by atoms with Gasteiger partial charge in [-0.3, -0.25) is 9.80 Å². The summed E-state index contributed by atoms with van der Waals surface area (Å²) in [6, 6.07) is 12.3. The first kappa shape index (κ1) is 45.0. The Morgan fingerprint density at radius 1 is 0.586 bits per heavy atom. The van der Waals surface area contributed by atoms with E-state index in [-0.39, 0.29) is 39.1 Å². The summed E-state index contributed by atoms with van der Waals surface area (Å²) >= 11 is 0. The van der Waals surface area contributed by atoms with Crippen molar-refractivity contribution in [2.24, 2.45) is 11.8 Å². The van der Waals surface area contributed by atoms with Crippen LogP contribution < -0.4 is 28.4 Å². The van der Waals surface area contributed by atoms with E-state index in [1.165, 1.54) is 12.8 Å². The van der Waals surface area contributed by atoms with Gasteiger partial charge >= 0.3 is 0 Å². The zero-order valence-corrected chi connectivity index (χ0v) is 36.7. The maximum atomic E-state index is 5.99. The zero-order chi connectivity index (χ0) is 39.0. The molecular weight excluding hydrogens is 777 g/mol. The molecule has 4 aromatic rings. The molecule has 4 aliphatic rings. The SMILES string of the molecule is Cc1cc(OCC2CCCN([C@@H](C)c3ccc4c(n3)OCCO4)C2)nc(C)n1.Cc1cc(OC[C@H]2CCCN([C@H](C)c3ccc4c(n3)OCCO4)C2)nc(C)n1.S.S. The topological polar surface area (TPSA) is 139 Å². The lowest BCUT2D eigenvalue weighted by Gasteiger charge is -2.36. The predicted molar refractivity (Wildman–Crippen MR) is 231 cm³/mol. The van der Waals surface area contributed by atoms with Gasteiger partial charge in [0, 0.05) is 60.5 Å². The number of aromatic nitrogens is 6. The molecule has 0 bridgehead atoms. The average Bonchev–Trinajstić information content (AvgIpc) is 3.21.